The summed E-state index contributed by atoms with van der Waals surface area (Å²) in [6.07, 6.45) is 1.88. The zero-order chi connectivity index (χ0) is 14.7. The summed E-state index contributed by atoms with van der Waals surface area (Å²) in [5.41, 5.74) is 4.45. The molecule has 0 unspecified atom stereocenters. The number of ether oxygens (including phenoxy) is 1. The molecule has 0 saturated carbocycles. The second-order valence-electron chi connectivity index (χ2n) is 5.12. The van der Waals surface area contributed by atoms with Gasteiger partial charge in [0.05, 0.1) is 0 Å². The number of aromatic amines is 1. The van der Waals surface area contributed by atoms with Crippen LogP contribution in [0.4, 0.5) is 0 Å². The molecular weight excluding hydrogens is 252 g/mol. The van der Waals surface area contributed by atoms with E-state index in [1.165, 1.54) is 0 Å². The van der Waals surface area contributed by atoms with Gasteiger partial charge in [-0.1, -0.05) is 19.4 Å². The smallest absolute Gasteiger partial charge is 0.364 e. The third kappa shape index (κ3) is 3.07. The number of hydrogen-bond donors (Lipinski definition) is 1. The molecule has 0 atom stereocenters. The number of carbonyl (C=O) groups is 1. The van der Waals surface area contributed by atoms with Crippen molar-refractivity contribution in [2.24, 2.45) is 0 Å². The number of H-pyrrole nitrogens is 1. The van der Waals surface area contributed by atoms with Gasteiger partial charge in [-0.05, 0) is 56.0 Å². The highest BCUT2D eigenvalue weighted by Gasteiger charge is 2.15. The Hall–Kier alpha value is -2.10. The molecule has 20 heavy (non-hydrogen) atoms. The van der Waals surface area contributed by atoms with Crippen molar-refractivity contribution in [1.29, 1.82) is 0 Å². The Balaban J connectivity index is 2.18. The molecule has 2 aromatic rings. The van der Waals surface area contributed by atoms with Crippen LogP contribution in [0, 0.1) is 20.8 Å². The maximum atomic E-state index is 12.1. The maximum absolute atomic E-state index is 12.1. The van der Waals surface area contributed by atoms with Crippen molar-refractivity contribution in [3.63, 3.8) is 0 Å². The molecule has 1 aromatic carbocycles. The molecule has 0 spiro atoms. The van der Waals surface area contributed by atoms with E-state index in [-0.39, 0.29) is 0 Å². The first-order valence-corrected chi connectivity index (χ1v) is 6.85. The van der Waals surface area contributed by atoms with Crippen LogP contribution in [0.15, 0.2) is 18.2 Å². The highest BCUT2D eigenvalue weighted by molar-refractivity contribution is 5.89. The molecule has 0 aliphatic carbocycles. The lowest BCUT2D eigenvalue weighted by Crippen LogP contribution is -2.10. The molecule has 1 N–H and O–H groups in total. The summed E-state index contributed by atoms with van der Waals surface area (Å²) in [6.45, 7) is 8.02. The van der Waals surface area contributed by atoms with Crippen LogP contribution in [0.5, 0.6) is 5.75 Å². The minimum Gasteiger partial charge on any atom is -0.421 e. The fraction of sp³-hybridized carbons (Fsp3) is 0.375. The predicted molar refractivity (Wildman–Crippen MR) is 78.2 cm³/mol. The second-order valence-corrected chi connectivity index (χ2v) is 5.12. The molecule has 2 rings (SSSR count). The summed E-state index contributed by atoms with van der Waals surface area (Å²) < 4.78 is 5.46. The zero-order valence-electron chi connectivity index (χ0n) is 12.4. The molecule has 4 heteroatoms. The van der Waals surface area contributed by atoms with Gasteiger partial charge in [0.25, 0.3) is 0 Å². The lowest BCUT2D eigenvalue weighted by atomic mass is 10.1. The van der Waals surface area contributed by atoms with E-state index in [2.05, 4.69) is 23.2 Å². The lowest BCUT2D eigenvalue weighted by molar-refractivity contribution is 0.0727. The van der Waals surface area contributed by atoms with Crippen LogP contribution in [0.1, 0.15) is 46.2 Å². The monoisotopic (exact) mass is 272 g/mol. The Morgan fingerprint density at radius 2 is 2.00 bits per heavy atom. The summed E-state index contributed by atoms with van der Waals surface area (Å²) in [5.74, 6) is 0.184. The Bertz CT molecular complexity index is 629. The van der Waals surface area contributed by atoms with Crippen LogP contribution in [0.2, 0.25) is 0 Å². The lowest BCUT2D eigenvalue weighted by Gasteiger charge is -2.09. The molecule has 0 bridgehead atoms. The first-order chi connectivity index (χ1) is 9.51. The van der Waals surface area contributed by atoms with Crippen LogP contribution in [-0.4, -0.2) is 16.2 Å². The Labute approximate surface area is 119 Å². The molecular formula is C16H20N2O2. The summed E-state index contributed by atoms with van der Waals surface area (Å²) in [6, 6.07) is 5.70. The summed E-state index contributed by atoms with van der Waals surface area (Å²) in [5, 5.41) is 6.87. The Kier molecular flexibility index (Phi) is 4.23. The van der Waals surface area contributed by atoms with Crippen molar-refractivity contribution in [2.75, 3.05) is 0 Å². The number of benzene rings is 1. The number of aromatic nitrogens is 2. The Morgan fingerprint density at radius 1 is 1.25 bits per heavy atom. The second kappa shape index (κ2) is 5.90. The molecule has 0 saturated heterocycles. The van der Waals surface area contributed by atoms with Gasteiger partial charge < -0.3 is 4.74 Å². The van der Waals surface area contributed by atoms with Gasteiger partial charge in [-0.2, -0.15) is 5.10 Å². The van der Waals surface area contributed by atoms with E-state index in [1.54, 1.807) is 6.07 Å². The minimum atomic E-state index is -0.420. The zero-order valence-corrected chi connectivity index (χ0v) is 12.4. The molecule has 1 heterocycles. The van der Waals surface area contributed by atoms with Crippen molar-refractivity contribution < 1.29 is 9.53 Å². The minimum absolute atomic E-state index is 0.326. The molecule has 0 fully saturated rings. The average molecular weight is 272 g/mol. The van der Waals surface area contributed by atoms with Crippen molar-refractivity contribution in [1.82, 2.24) is 10.2 Å². The number of hydrogen-bond acceptors (Lipinski definition) is 3. The van der Waals surface area contributed by atoms with E-state index in [1.807, 2.05) is 26.8 Å². The normalized spacial score (nSPS) is 10.6. The highest BCUT2D eigenvalue weighted by Crippen LogP contribution is 2.24. The standard InChI is InChI=1S/C16H20N2O2/c1-5-6-13-9-14(18-17-13)16(19)20-15-8-10(2)7-11(3)12(15)4/h7-9H,5-6H2,1-4H3,(H,17,18). The van der Waals surface area contributed by atoms with Crippen LogP contribution in [0.25, 0.3) is 0 Å². The van der Waals surface area contributed by atoms with E-state index < -0.39 is 5.97 Å². The van der Waals surface area contributed by atoms with Crippen molar-refractivity contribution in [3.05, 3.63) is 46.3 Å². The first kappa shape index (κ1) is 14.3. The summed E-state index contributed by atoms with van der Waals surface area (Å²) >= 11 is 0. The SMILES string of the molecule is CCCc1cc(C(=O)Oc2cc(C)cc(C)c2C)n[nH]1. The summed E-state index contributed by atoms with van der Waals surface area (Å²) in [4.78, 5) is 12.1. The molecule has 4 nitrogen and oxygen atoms in total. The number of nitrogens with one attached hydrogen (secondary N) is 1. The third-order valence-electron chi connectivity index (χ3n) is 3.33. The molecule has 106 valence electrons. The van der Waals surface area contributed by atoms with Crippen LogP contribution in [0.3, 0.4) is 0 Å². The average Bonchev–Trinajstić information content (AvgIpc) is 2.84. The van der Waals surface area contributed by atoms with E-state index in [0.29, 0.717) is 11.4 Å². The van der Waals surface area contributed by atoms with E-state index in [9.17, 15) is 4.79 Å². The largest absolute Gasteiger partial charge is 0.421 e. The number of carbonyl (C=O) groups excluding carboxylic acids is 1. The topological polar surface area (TPSA) is 55.0 Å². The van der Waals surface area contributed by atoms with Crippen LogP contribution < -0.4 is 4.74 Å². The molecule has 1 aromatic heterocycles. The van der Waals surface area contributed by atoms with Gasteiger partial charge in [0, 0.05) is 5.69 Å². The van der Waals surface area contributed by atoms with Crippen LogP contribution >= 0.6 is 0 Å². The van der Waals surface area contributed by atoms with Gasteiger partial charge in [0.1, 0.15) is 5.75 Å². The van der Waals surface area contributed by atoms with E-state index >= 15 is 0 Å². The van der Waals surface area contributed by atoms with Crippen molar-refractivity contribution in [3.8, 4) is 5.75 Å². The van der Waals surface area contributed by atoms with Gasteiger partial charge >= 0.3 is 5.97 Å². The van der Waals surface area contributed by atoms with Crippen LogP contribution in [-0.2, 0) is 6.42 Å². The molecule has 0 aliphatic rings. The number of nitrogens with zero attached hydrogens (tertiary/aromatic N) is 1. The van der Waals surface area contributed by atoms with Gasteiger partial charge in [0.2, 0.25) is 0 Å². The number of aryl methyl sites for hydroxylation is 3. The maximum Gasteiger partial charge on any atom is 0.364 e. The van der Waals surface area contributed by atoms with Crippen molar-refractivity contribution >= 4 is 5.97 Å². The van der Waals surface area contributed by atoms with Gasteiger partial charge in [-0.15, -0.1) is 0 Å². The predicted octanol–water partition coefficient (Wildman–Crippen LogP) is 3.51. The quantitative estimate of drug-likeness (QED) is 0.684. The van der Waals surface area contributed by atoms with E-state index in [4.69, 9.17) is 4.74 Å². The number of rotatable bonds is 4. The Morgan fingerprint density at radius 3 is 2.70 bits per heavy atom. The fourth-order valence-electron chi connectivity index (χ4n) is 2.12. The molecule has 0 radical (unpaired) electrons. The fourth-order valence-corrected chi connectivity index (χ4v) is 2.12. The molecule has 0 aliphatic heterocycles. The third-order valence-corrected chi connectivity index (χ3v) is 3.33. The highest BCUT2D eigenvalue weighted by atomic mass is 16.5. The number of esters is 1. The van der Waals surface area contributed by atoms with E-state index in [0.717, 1.165) is 35.2 Å². The van der Waals surface area contributed by atoms with Gasteiger partial charge in [-0.25, -0.2) is 4.79 Å². The van der Waals surface area contributed by atoms with Gasteiger partial charge in [-0.3, -0.25) is 5.10 Å². The van der Waals surface area contributed by atoms with Gasteiger partial charge in [0.15, 0.2) is 5.69 Å². The molecule has 0 amide bonds. The summed E-state index contributed by atoms with van der Waals surface area (Å²) in [7, 11) is 0. The van der Waals surface area contributed by atoms with Crippen molar-refractivity contribution in [2.45, 2.75) is 40.5 Å². The first-order valence-electron chi connectivity index (χ1n) is 6.85.